The molecule has 0 bridgehead atoms. The first-order chi connectivity index (χ1) is 10.3. The number of benzene rings is 1. The highest BCUT2D eigenvalue weighted by molar-refractivity contribution is 5.54. The minimum atomic E-state index is 0.612. The number of ether oxygens (including phenoxy) is 1. The SMILES string of the molecule is COc1cc(N2CCN(c3ccccc3C)CC2)ncn1. The smallest absolute Gasteiger partial charge is 0.218 e. The second kappa shape index (κ2) is 5.99. The van der Waals surface area contributed by atoms with Gasteiger partial charge in [-0.25, -0.2) is 9.97 Å². The molecule has 1 aliphatic heterocycles. The van der Waals surface area contributed by atoms with Crippen LogP contribution in [0.3, 0.4) is 0 Å². The summed E-state index contributed by atoms with van der Waals surface area (Å²) in [6.07, 6.45) is 1.56. The Morgan fingerprint density at radius 2 is 1.71 bits per heavy atom. The van der Waals surface area contributed by atoms with Gasteiger partial charge in [-0.1, -0.05) is 18.2 Å². The van der Waals surface area contributed by atoms with E-state index in [-0.39, 0.29) is 0 Å². The quantitative estimate of drug-likeness (QED) is 0.863. The van der Waals surface area contributed by atoms with E-state index in [1.54, 1.807) is 13.4 Å². The van der Waals surface area contributed by atoms with Gasteiger partial charge in [-0.15, -0.1) is 0 Å². The lowest BCUT2D eigenvalue weighted by Crippen LogP contribution is -2.47. The average Bonchev–Trinajstić information content (AvgIpc) is 2.56. The van der Waals surface area contributed by atoms with Crippen molar-refractivity contribution in [3.8, 4) is 5.88 Å². The predicted octanol–water partition coefficient (Wildman–Crippen LogP) is 2.12. The third-order valence-electron chi connectivity index (χ3n) is 3.90. The Labute approximate surface area is 125 Å². The van der Waals surface area contributed by atoms with Crippen LogP contribution in [0.1, 0.15) is 5.56 Å². The molecule has 1 aromatic heterocycles. The minimum Gasteiger partial charge on any atom is -0.481 e. The third kappa shape index (κ3) is 2.91. The Bertz CT molecular complexity index is 609. The van der Waals surface area contributed by atoms with Crippen LogP contribution >= 0.6 is 0 Å². The fraction of sp³-hybridized carbons (Fsp3) is 0.375. The summed E-state index contributed by atoms with van der Waals surface area (Å²) in [4.78, 5) is 13.1. The van der Waals surface area contributed by atoms with Gasteiger partial charge in [0.1, 0.15) is 12.1 Å². The van der Waals surface area contributed by atoms with Gasteiger partial charge in [0.25, 0.3) is 0 Å². The van der Waals surface area contributed by atoms with E-state index in [1.807, 2.05) is 6.07 Å². The molecule has 1 fully saturated rings. The van der Waals surface area contributed by atoms with Crippen molar-refractivity contribution in [2.75, 3.05) is 43.1 Å². The molecule has 0 radical (unpaired) electrons. The van der Waals surface area contributed by atoms with Crippen LogP contribution in [0.2, 0.25) is 0 Å². The van der Waals surface area contributed by atoms with E-state index < -0.39 is 0 Å². The summed E-state index contributed by atoms with van der Waals surface area (Å²) in [7, 11) is 1.63. The summed E-state index contributed by atoms with van der Waals surface area (Å²) in [6, 6.07) is 10.4. The number of aryl methyl sites for hydroxylation is 1. The first kappa shape index (κ1) is 13.7. The molecule has 2 aromatic rings. The van der Waals surface area contributed by atoms with Crippen LogP contribution in [0, 0.1) is 6.92 Å². The molecular weight excluding hydrogens is 264 g/mol. The van der Waals surface area contributed by atoms with Gasteiger partial charge in [0, 0.05) is 37.9 Å². The Morgan fingerprint density at radius 3 is 2.43 bits per heavy atom. The van der Waals surface area contributed by atoms with Gasteiger partial charge in [0.15, 0.2) is 0 Å². The standard InChI is InChI=1S/C16H20N4O/c1-13-5-3-4-6-14(13)19-7-9-20(10-8-19)15-11-16(21-2)18-12-17-15/h3-6,11-12H,7-10H2,1-2H3. The van der Waals surface area contributed by atoms with Crippen LogP contribution in [0.15, 0.2) is 36.7 Å². The first-order valence-electron chi connectivity index (χ1n) is 7.19. The molecule has 1 aromatic carbocycles. The Morgan fingerprint density at radius 1 is 1.00 bits per heavy atom. The van der Waals surface area contributed by atoms with E-state index in [9.17, 15) is 0 Å². The van der Waals surface area contributed by atoms with Crippen molar-refractivity contribution >= 4 is 11.5 Å². The number of aromatic nitrogens is 2. The van der Waals surface area contributed by atoms with Crippen LogP contribution in [-0.2, 0) is 0 Å². The van der Waals surface area contributed by atoms with Crippen LogP contribution in [0.25, 0.3) is 0 Å². The molecule has 5 heteroatoms. The van der Waals surface area contributed by atoms with Crippen LogP contribution in [0.5, 0.6) is 5.88 Å². The molecule has 0 aliphatic carbocycles. The van der Waals surface area contributed by atoms with Gasteiger partial charge in [0.05, 0.1) is 7.11 Å². The van der Waals surface area contributed by atoms with Crippen LogP contribution in [-0.4, -0.2) is 43.3 Å². The zero-order chi connectivity index (χ0) is 14.7. The van der Waals surface area contributed by atoms with E-state index in [0.717, 1.165) is 32.0 Å². The molecule has 2 heterocycles. The highest BCUT2D eigenvalue weighted by atomic mass is 16.5. The minimum absolute atomic E-state index is 0.612. The summed E-state index contributed by atoms with van der Waals surface area (Å²) in [5, 5.41) is 0. The zero-order valence-corrected chi connectivity index (χ0v) is 12.5. The predicted molar refractivity (Wildman–Crippen MR) is 84.2 cm³/mol. The fourth-order valence-electron chi connectivity index (χ4n) is 2.71. The lowest BCUT2D eigenvalue weighted by Gasteiger charge is -2.37. The highest BCUT2D eigenvalue weighted by Crippen LogP contribution is 2.23. The first-order valence-corrected chi connectivity index (χ1v) is 7.19. The average molecular weight is 284 g/mol. The van der Waals surface area contributed by atoms with Gasteiger partial charge in [0.2, 0.25) is 5.88 Å². The van der Waals surface area contributed by atoms with E-state index in [1.165, 1.54) is 11.3 Å². The Balaban J connectivity index is 1.69. The number of piperazine rings is 1. The fourth-order valence-corrected chi connectivity index (χ4v) is 2.71. The molecule has 3 rings (SSSR count). The van der Waals surface area contributed by atoms with Crippen LogP contribution < -0.4 is 14.5 Å². The van der Waals surface area contributed by atoms with Crippen molar-refractivity contribution < 1.29 is 4.74 Å². The van der Waals surface area contributed by atoms with Crippen molar-refractivity contribution in [1.29, 1.82) is 0 Å². The monoisotopic (exact) mass is 284 g/mol. The van der Waals surface area contributed by atoms with E-state index in [0.29, 0.717) is 5.88 Å². The van der Waals surface area contributed by atoms with Gasteiger partial charge < -0.3 is 14.5 Å². The van der Waals surface area contributed by atoms with Crippen molar-refractivity contribution in [3.63, 3.8) is 0 Å². The van der Waals surface area contributed by atoms with Crippen molar-refractivity contribution in [2.24, 2.45) is 0 Å². The van der Waals surface area contributed by atoms with Crippen molar-refractivity contribution in [3.05, 3.63) is 42.2 Å². The molecule has 0 saturated carbocycles. The molecule has 1 saturated heterocycles. The maximum Gasteiger partial charge on any atom is 0.218 e. The summed E-state index contributed by atoms with van der Waals surface area (Å²) in [5.41, 5.74) is 2.66. The summed E-state index contributed by atoms with van der Waals surface area (Å²) >= 11 is 0. The normalized spacial score (nSPS) is 15.1. The van der Waals surface area contributed by atoms with Gasteiger partial charge in [-0.2, -0.15) is 0 Å². The molecule has 0 unspecified atom stereocenters. The second-order valence-corrected chi connectivity index (χ2v) is 5.18. The summed E-state index contributed by atoms with van der Waals surface area (Å²) in [6.45, 7) is 6.06. The molecule has 110 valence electrons. The van der Waals surface area contributed by atoms with E-state index >= 15 is 0 Å². The maximum atomic E-state index is 5.16. The number of para-hydroxylation sites is 1. The lowest BCUT2D eigenvalue weighted by atomic mass is 10.1. The molecule has 1 aliphatic rings. The summed E-state index contributed by atoms with van der Waals surface area (Å²) in [5.74, 6) is 1.55. The van der Waals surface area contributed by atoms with E-state index in [2.05, 4.69) is 51.0 Å². The molecular formula is C16H20N4O. The number of nitrogens with zero attached hydrogens (tertiary/aromatic N) is 4. The second-order valence-electron chi connectivity index (χ2n) is 5.18. The maximum absolute atomic E-state index is 5.16. The number of hydrogen-bond donors (Lipinski definition) is 0. The van der Waals surface area contributed by atoms with Crippen molar-refractivity contribution in [1.82, 2.24) is 9.97 Å². The lowest BCUT2D eigenvalue weighted by molar-refractivity contribution is 0.396. The summed E-state index contributed by atoms with van der Waals surface area (Å²) < 4.78 is 5.16. The topological polar surface area (TPSA) is 41.5 Å². The number of rotatable bonds is 3. The van der Waals surface area contributed by atoms with Crippen LogP contribution in [0.4, 0.5) is 11.5 Å². The molecule has 0 N–H and O–H groups in total. The third-order valence-corrected chi connectivity index (χ3v) is 3.90. The number of methoxy groups -OCH3 is 1. The molecule has 21 heavy (non-hydrogen) atoms. The number of hydrogen-bond acceptors (Lipinski definition) is 5. The molecule has 0 atom stereocenters. The molecule has 0 spiro atoms. The zero-order valence-electron chi connectivity index (χ0n) is 12.5. The Kier molecular flexibility index (Phi) is 3.90. The van der Waals surface area contributed by atoms with Gasteiger partial charge >= 0.3 is 0 Å². The highest BCUT2D eigenvalue weighted by Gasteiger charge is 2.19. The largest absolute Gasteiger partial charge is 0.481 e. The number of anilines is 2. The molecule has 0 amide bonds. The van der Waals surface area contributed by atoms with Crippen molar-refractivity contribution in [2.45, 2.75) is 6.92 Å². The van der Waals surface area contributed by atoms with E-state index in [4.69, 9.17) is 4.74 Å². The Hall–Kier alpha value is -2.30. The van der Waals surface area contributed by atoms with Gasteiger partial charge in [-0.05, 0) is 18.6 Å². The van der Waals surface area contributed by atoms with Gasteiger partial charge in [-0.3, -0.25) is 0 Å². The molecule has 5 nitrogen and oxygen atoms in total.